The van der Waals surface area contributed by atoms with Gasteiger partial charge in [0.2, 0.25) is 0 Å². The van der Waals surface area contributed by atoms with Crippen LogP contribution in [0.2, 0.25) is 5.02 Å². The van der Waals surface area contributed by atoms with Crippen molar-refractivity contribution in [3.63, 3.8) is 0 Å². The molecular weight excluding hydrogens is 275 g/mol. The Morgan fingerprint density at radius 1 is 1.35 bits per heavy atom. The van der Waals surface area contributed by atoms with E-state index in [0.717, 1.165) is 0 Å². The summed E-state index contributed by atoms with van der Waals surface area (Å²) >= 11 is 5.64. The maximum Gasteiger partial charge on any atom is 0.441 e. The molecule has 0 unspecified atom stereocenters. The Bertz CT molecular complexity index is 373. The number of hydrogen-bond donors (Lipinski definition) is 1. The van der Waals surface area contributed by atoms with Crippen LogP contribution in [0.4, 0.5) is 13.2 Å². The van der Waals surface area contributed by atoms with E-state index < -0.39 is 5.51 Å². The number of nitrogens with two attached hydrogens (primary N) is 1. The van der Waals surface area contributed by atoms with E-state index in [1.807, 2.05) is 0 Å². The van der Waals surface area contributed by atoms with Gasteiger partial charge in [-0.25, -0.2) is 0 Å². The molecule has 0 aromatic heterocycles. The molecule has 1 rings (SSSR count). The second-order valence-electron chi connectivity index (χ2n) is 3.10. The lowest BCUT2D eigenvalue weighted by Gasteiger charge is -2.11. The number of thioether (sulfide) groups is 1. The highest BCUT2D eigenvalue weighted by molar-refractivity contribution is 8.00. The normalized spacial score (nSPS) is 11.6. The highest BCUT2D eigenvalue weighted by Gasteiger charge is 2.27. The van der Waals surface area contributed by atoms with Gasteiger partial charge in [0.1, 0.15) is 5.75 Å². The number of halogens is 4. The average Bonchev–Trinajstić information content (AvgIpc) is 2.24. The van der Waals surface area contributed by atoms with E-state index in [4.69, 9.17) is 22.1 Å². The zero-order valence-electron chi connectivity index (χ0n) is 8.76. The molecule has 7 heteroatoms. The molecule has 0 amide bonds. The number of rotatable bonds is 5. The predicted octanol–water partition coefficient (Wildman–Crippen LogP) is 3.43. The Morgan fingerprint density at radius 3 is 2.65 bits per heavy atom. The Balaban J connectivity index is 2.46. The minimum Gasteiger partial charge on any atom is -0.492 e. The Hall–Kier alpha value is -0.590. The SMILES string of the molecule is NCc1cc(Cl)ccc1OCCSC(F)(F)F. The lowest BCUT2D eigenvalue weighted by molar-refractivity contribution is -0.0329. The smallest absolute Gasteiger partial charge is 0.441 e. The van der Waals surface area contributed by atoms with Gasteiger partial charge in [-0.1, -0.05) is 11.6 Å². The molecule has 0 saturated heterocycles. The largest absolute Gasteiger partial charge is 0.492 e. The minimum absolute atomic E-state index is 0.0290. The molecule has 96 valence electrons. The zero-order valence-corrected chi connectivity index (χ0v) is 10.3. The van der Waals surface area contributed by atoms with Crippen LogP contribution in [0.5, 0.6) is 5.75 Å². The van der Waals surface area contributed by atoms with Crippen molar-refractivity contribution in [1.29, 1.82) is 0 Å². The summed E-state index contributed by atoms with van der Waals surface area (Å²) < 4.78 is 40.8. The monoisotopic (exact) mass is 285 g/mol. The minimum atomic E-state index is -4.22. The summed E-state index contributed by atoms with van der Waals surface area (Å²) in [5, 5.41) is 0.516. The van der Waals surface area contributed by atoms with Crippen LogP contribution in [-0.4, -0.2) is 17.9 Å². The highest BCUT2D eigenvalue weighted by atomic mass is 35.5. The summed E-state index contributed by atoms with van der Waals surface area (Å²) in [6.45, 7) is 0.196. The molecule has 2 nitrogen and oxygen atoms in total. The lowest BCUT2D eigenvalue weighted by atomic mass is 10.2. The van der Waals surface area contributed by atoms with Crippen molar-refractivity contribution in [3.8, 4) is 5.75 Å². The fraction of sp³-hybridized carbons (Fsp3) is 0.400. The summed E-state index contributed by atoms with van der Waals surface area (Å²) in [6.07, 6.45) is 0. The van der Waals surface area contributed by atoms with Gasteiger partial charge < -0.3 is 10.5 Å². The van der Waals surface area contributed by atoms with Crippen LogP contribution in [0.15, 0.2) is 18.2 Å². The molecule has 1 aromatic rings. The van der Waals surface area contributed by atoms with Crippen LogP contribution in [0.25, 0.3) is 0 Å². The molecule has 2 N–H and O–H groups in total. The van der Waals surface area contributed by atoms with Gasteiger partial charge in [-0.05, 0) is 30.0 Å². The topological polar surface area (TPSA) is 35.2 Å². The number of ether oxygens (including phenoxy) is 1. The summed E-state index contributed by atoms with van der Waals surface area (Å²) in [4.78, 5) is 0. The molecule has 0 spiro atoms. The third kappa shape index (κ3) is 5.52. The van der Waals surface area contributed by atoms with Gasteiger partial charge >= 0.3 is 5.51 Å². The van der Waals surface area contributed by atoms with Crippen molar-refractivity contribution in [3.05, 3.63) is 28.8 Å². The first-order chi connectivity index (χ1) is 7.92. The van der Waals surface area contributed by atoms with Gasteiger partial charge in [-0.2, -0.15) is 13.2 Å². The van der Waals surface area contributed by atoms with Crippen molar-refractivity contribution >= 4 is 23.4 Å². The van der Waals surface area contributed by atoms with E-state index in [9.17, 15) is 13.2 Å². The van der Waals surface area contributed by atoms with Crippen LogP contribution in [-0.2, 0) is 6.54 Å². The molecule has 0 bridgehead atoms. The van der Waals surface area contributed by atoms with Gasteiger partial charge in [0, 0.05) is 22.9 Å². The van der Waals surface area contributed by atoms with Crippen molar-refractivity contribution in [1.82, 2.24) is 0 Å². The summed E-state index contributed by atoms with van der Waals surface area (Å²) in [6, 6.07) is 4.84. The second kappa shape index (κ2) is 6.37. The van der Waals surface area contributed by atoms with Crippen LogP contribution in [0.1, 0.15) is 5.56 Å². The Kier molecular flexibility index (Phi) is 5.42. The molecule has 17 heavy (non-hydrogen) atoms. The van der Waals surface area contributed by atoms with Gasteiger partial charge in [-0.3, -0.25) is 0 Å². The third-order valence-electron chi connectivity index (χ3n) is 1.85. The van der Waals surface area contributed by atoms with E-state index in [1.165, 1.54) is 0 Å². The van der Waals surface area contributed by atoms with Gasteiger partial charge in [-0.15, -0.1) is 0 Å². The molecule has 0 aliphatic heterocycles. The van der Waals surface area contributed by atoms with Crippen LogP contribution in [0, 0.1) is 0 Å². The fourth-order valence-corrected chi connectivity index (χ4v) is 1.75. The predicted molar refractivity (Wildman–Crippen MR) is 63.4 cm³/mol. The highest BCUT2D eigenvalue weighted by Crippen LogP contribution is 2.30. The number of alkyl halides is 3. The summed E-state index contributed by atoms with van der Waals surface area (Å²) in [5.41, 5.74) is 1.92. The Morgan fingerprint density at radius 2 is 2.06 bits per heavy atom. The van der Waals surface area contributed by atoms with Crippen molar-refractivity contribution in [2.24, 2.45) is 5.73 Å². The number of benzene rings is 1. The van der Waals surface area contributed by atoms with Crippen LogP contribution < -0.4 is 10.5 Å². The van der Waals surface area contributed by atoms with Crippen molar-refractivity contribution in [2.45, 2.75) is 12.1 Å². The van der Waals surface area contributed by atoms with E-state index in [1.54, 1.807) is 18.2 Å². The van der Waals surface area contributed by atoms with Gasteiger partial charge in [0.25, 0.3) is 0 Å². The fourth-order valence-electron chi connectivity index (χ4n) is 1.16. The van der Waals surface area contributed by atoms with Crippen molar-refractivity contribution < 1.29 is 17.9 Å². The average molecular weight is 286 g/mol. The molecule has 0 radical (unpaired) electrons. The zero-order chi connectivity index (χ0) is 12.9. The summed E-state index contributed by atoms with van der Waals surface area (Å²) in [5.74, 6) is 0.315. The Labute approximate surface area is 106 Å². The maximum atomic E-state index is 11.8. The first kappa shape index (κ1) is 14.5. The first-order valence-corrected chi connectivity index (χ1v) is 6.10. The second-order valence-corrected chi connectivity index (χ2v) is 4.70. The lowest BCUT2D eigenvalue weighted by Crippen LogP contribution is -2.09. The molecule has 0 heterocycles. The van der Waals surface area contributed by atoms with E-state index in [-0.39, 0.29) is 30.7 Å². The van der Waals surface area contributed by atoms with Crippen LogP contribution in [0.3, 0.4) is 0 Å². The molecule has 0 fully saturated rings. The molecule has 0 saturated carbocycles. The van der Waals surface area contributed by atoms with Gasteiger partial charge in [0.15, 0.2) is 0 Å². The van der Waals surface area contributed by atoms with E-state index in [0.29, 0.717) is 16.3 Å². The molecule has 0 aliphatic carbocycles. The number of hydrogen-bond acceptors (Lipinski definition) is 3. The molecular formula is C10H11ClF3NOS. The summed E-state index contributed by atoms with van der Waals surface area (Å²) in [7, 11) is 0. The molecule has 0 aliphatic rings. The third-order valence-corrected chi connectivity index (χ3v) is 2.78. The van der Waals surface area contributed by atoms with Gasteiger partial charge in [0.05, 0.1) is 6.61 Å². The van der Waals surface area contributed by atoms with E-state index in [2.05, 4.69) is 0 Å². The van der Waals surface area contributed by atoms with Crippen molar-refractivity contribution in [2.75, 3.05) is 12.4 Å². The molecule has 1 aromatic carbocycles. The maximum absolute atomic E-state index is 11.8. The standard InChI is InChI=1S/C10H11ClF3NOS/c11-8-1-2-9(7(5-8)6-15)16-3-4-17-10(12,13)14/h1-2,5H,3-4,6,15H2. The van der Waals surface area contributed by atoms with E-state index >= 15 is 0 Å². The quantitative estimate of drug-likeness (QED) is 0.842. The first-order valence-electron chi connectivity index (χ1n) is 4.74. The molecule has 0 atom stereocenters. The van der Waals surface area contributed by atoms with Crippen LogP contribution >= 0.6 is 23.4 Å².